The maximum Gasteiger partial charge on any atom is 0.230 e. The molecule has 1 N–H and O–H groups in total. The SMILES string of the molecule is Cc1ncc(CNC(=O)C(C)(C)c2ccc(Br)cc2)s1. The van der Waals surface area contributed by atoms with Crippen molar-refractivity contribution in [1.29, 1.82) is 0 Å². The number of carbonyl (C=O) groups excluding carboxylic acids is 1. The second-order valence-corrected chi connectivity index (χ2v) is 7.40. The lowest BCUT2D eigenvalue weighted by atomic mass is 9.84. The molecule has 0 saturated heterocycles. The van der Waals surface area contributed by atoms with Gasteiger partial charge in [0.2, 0.25) is 5.91 Å². The lowest BCUT2D eigenvalue weighted by molar-refractivity contribution is -0.125. The highest BCUT2D eigenvalue weighted by molar-refractivity contribution is 9.10. The van der Waals surface area contributed by atoms with E-state index in [2.05, 4.69) is 26.2 Å². The van der Waals surface area contributed by atoms with E-state index in [9.17, 15) is 4.79 Å². The van der Waals surface area contributed by atoms with Gasteiger partial charge in [-0.1, -0.05) is 28.1 Å². The Kier molecular flexibility index (Phi) is 4.60. The summed E-state index contributed by atoms with van der Waals surface area (Å²) in [6.45, 7) is 6.36. The zero-order chi connectivity index (χ0) is 14.8. The number of thiazole rings is 1. The average molecular weight is 353 g/mol. The van der Waals surface area contributed by atoms with Crippen molar-refractivity contribution in [2.45, 2.75) is 32.7 Å². The minimum atomic E-state index is -0.555. The highest BCUT2D eigenvalue weighted by Crippen LogP contribution is 2.25. The zero-order valence-electron chi connectivity index (χ0n) is 11.7. The van der Waals surface area contributed by atoms with Crippen LogP contribution in [0.3, 0.4) is 0 Å². The molecule has 0 atom stereocenters. The Bertz CT molecular complexity index is 605. The van der Waals surface area contributed by atoms with Crippen LogP contribution in [0, 0.1) is 6.92 Å². The van der Waals surface area contributed by atoms with E-state index in [1.54, 1.807) is 11.3 Å². The second-order valence-electron chi connectivity index (χ2n) is 5.16. The summed E-state index contributed by atoms with van der Waals surface area (Å²) in [5.41, 5.74) is 0.444. The van der Waals surface area contributed by atoms with E-state index in [1.807, 2.05) is 51.2 Å². The number of nitrogens with zero attached hydrogens (tertiary/aromatic N) is 1. The topological polar surface area (TPSA) is 42.0 Å². The molecule has 0 fully saturated rings. The van der Waals surface area contributed by atoms with Crippen LogP contribution in [-0.2, 0) is 16.8 Å². The van der Waals surface area contributed by atoms with Crippen molar-refractivity contribution in [3.63, 3.8) is 0 Å². The van der Waals surface area contributed by atoms with Crippen LogP contribution in [-0.4, -0.2) is 10.9 Å². The van der Waals surface area contributed by atoms with Crippen LogP contribution in [0.5, 0.6) is 0 Å². The van der Waals surface area contributed by atoms with Gasteiger partial charge in [-0.3, -0.25) is 4.79 Å². The molecule has 0 aliphatic carbocycles. The van der Waals surface area contributed by atoms with Gasteiger partial charge in [-0.25, -0.2) is 4.98 Å². The lowest BCUT2D eigenvalue weighted by Crippen LogP contribution is -2.39. The summed E-state index contributed by atoms with van der Waals surface area (Å²) < 4.78 is 1.01. The van der Waals surface area contributed by atoms with E-state index in [1.165, 1.54) is 0 Å². The summed E-state index contributed by atoms with van der Waals surface area (Å²) in [6.07, 6.45) is 1.81. The Morgan fingerprint density at radius 3 is 2.55 bits per heavy atom. The summed E-state index contributed by atoms with van der Waals surface area (Å²) >= 11 is 5.01. The highest BCUT2D eigenvalue weighted by Gasteiger charge is 2.29. The summed E-state index contributed by atoms with van der Waals surface area (Å²) in [6, 6.07) is 7.86. The molecule has 0 unspecified atom stereocenters. The van der Waals surface area contributed by atoms with Crippen molar-refractivity contribution < 1.29 is 4.79 Å². The average Bonchev–Trinajstić information content (AvgIpc) is 2.82. The van der Waals surface area contributed by atoms with Crippen LogP contribution in [0.4, 0.5) is 0 Å². The molecule has 0 radical (unpaired) electrons. The van der Waals surface area contributed by atoms with Crippen molar-refractivity contribution in [2.75, 3.05) is 0 Å². The lowest BCUT2D eigenvalue weighted by Gasteiger charge is -2.24. The number of halogens is 1. The molecule has 5 heteroatoms. The van der Waals surface area contributed by atoms with E-state index in [-0.39, 0.29) is 5.91 Å². The Hall–Kier alpha value is -1.20. The quantitative estimate of drug-likeness (QED) is 0.908. The van der Waals surface area contributed by atoms with E-state index in [4.69, 9.17) is 0 Å². The Morgan fingerprint density at radius 1 is 1.35 bits per heavy atom. The predicted molar refractivity (Wildman–Crippen MR) is 85.9 cm³/mol. The molecule has 0 aliphatic heterocycles. The third-order valence-corrected chi connectivity index (χ3v) is 4.67. The van der Waals surface area contributed by atoms with Crippen LogP contribution in [0.2, 0.25) is 0 Å². The van der Waals surface area contributed by atoms with E-state index >= 15 is 0 Å². The molecule has 1 aromatic carbocycles. The first-order valence-electron chi connectivity index (χ1n) is 6.35. The Labute approximate surface area is 131 Å². The summed E-state index contributed by atoms with van der Waals surface area (Å²) in [5.74, 6) is 0.0193. The number of carbonyl (C=O) groups is 1. The van der Waals surface area contributed by atoms with Crippen molar-refractivity contribution in [1.82, 2.24) is 10.3 Å². The van der Waals surface area contributed by atoms with Gasteiger partial charge in [0.25, 0.3) is 0 Å². The number of hydrogen-bond donors (Lipinski definition) is 1. The smallest absolute Gasteiger partial charge is 0.230 e. The van der Waals surface area contributed by atoms with Gasteiger partial charge in [-0.2, -0.15) is 0 Å². The Balaban J connectivity index is 2.05. The van der Waals surface area contributed by atoms with Crippen molar-refractivity contribution in [3.05, 3.63) is 50.4 Å². The van der Waals surface area contributed by atoms with Gasteiger partial charge in [0.05, 0.1) is 17.0 Å². The predicted octanol–water partition coefficient (Wildman–Crippen LogP) is 3.81. The maximum absolute atomic E-state index is 12.4. The van der Waals surface area contributed by atoms with Gasteiger partial charge in [-0.05, 0) is 38.5 Å². The highest BCUT2D eigenvalue weighted by atomic mass is 79.9. The molecule has 1 amide bonds. The first kappa shape index (κ1) is 15.2. The maximum atomic E-state index is 12.4. The van der Waals surface area contributed by atoms with Gasteiger partial charge in [0, 0.05) is 15.5 Å². The van der Waals surface area contributed by atoms with Crippen LogP contribution >= 0.6 is 27.3 Å². The number of nitrogens with one attached hydrogen (secondary N) is 1. The molecule has 0 spiro atoms. The van der Waals surface area contributed by atoms with Gasteiger partial charge in [0.1, 0.15) is 0 Å². The third kappa shape index (κ3) is 3.46. The van der Waals surface area contributed by atoms with E-state index in [0.717, 1.165) is 19.9 Å². The molecule has 0 aliphatic rings. The van der Waals surface area contributed by atoms with E-state index < -0.39 is 5.41 Å². The number of benzene rings is 1. The number of aryl methyl sites for hydroxylation is 1. The largest absolute Gasteiger partial charge is 0.350 e. The number of aromatic nitrogens is 1. The minimum absolute atomic E-state index is 0.0193. The normalized spacial score (nSPS) is 11.4. The number of rotatable bonds is 4. The molecule has 0 saturated carbocycles. The number of hydrogen-bond acceptors (Lipinski definition) is 3. The fourth-order valence-electron chi connectivity index (χ4n) is 1.87. The monoisotopic (exact) mass is 352 g/mol. The third-order valence-electron chi connectivity index (χ3n) is 3.23. The van der Waals surface area contributed by atoms with Gasteiger partial charge in [-0.15, -0.1) is 11.3 Å². The second kappa shape index (κ2) is 6.06. The molecule has 3 nitrogen and oxygen atoms in total. The molecule has 106 valence electrons. The standard InChI is InChI=1S/C15H17BrN2OS/c1-10-17-8-13(20-10)9-18-14(19)15(2,3)11-4-6-12(16)7-5-11/h4-8H,9H2,1-3H3,(H,18,19). The zero-order valence-corrected chi connectivity index (χ0v) is 14.1. The summed E-state index contributed by atoms with van der Waals surface area (Å²) in [7, 11) is 0. The minimum Gasteiger partial charge on any atom is -0.350 e. The van der Waals surface area contributed by atoms with Gasteiger partial charge >= 0.3 is 0 Å². The molecule has 1 heterocycles. The summed E-state index contributed by atoms with van der Waals surface area (Å²) in [5, 5.41) is 4.00. The van der Waals surface area contributed by atoms with Crippen LogP contribution in [0.1, 0.15) is 29.3 Å². The molecule has 1 aromatic heterocycles. The Morgan fingerprint density at radius 2 is 2.00 bits per heavy atom. The van der Waals surface area contributed by atoms with Crippen molar-refractivity contribution in [3.8, 4) is 0 Å². The van der Waals surface area contributed by atoms with Gasteiger partial charge in [0.15, 0.2) is 0 Å². The number of amides is 1. The van der Waals surface area contributed by atoms with Crippen LogP contribution in [0.15, 0.2) is 34.9 Å². The van der Waals surface area contributed by atoms with Crippen LogP contribution < -0.4 is 5.32 Å². The first-order chi connectivity index (χ1) is 9.39. The first-order valence-corrected chi connectivity index (χ1v) is 7.96. The fourth-order valence-corrected chi connectivity index (χ4v) is 2.87. The molecule has 20 heavy (non-hydrogen) atoms. The summed E-state index contributed by atoms with van der Waals surface area (Å²) in [4.78, 5) is 17.7. The van der Waals surface area contributed by atoms with Crippen LogP contribution in [0.25, 0.3) is 0 Å². The molecule has 0 bridgehead atoms. The molecular weight excluding hydrogens is 336 g/mol. The molecular formula is C15H17BrN2OS. The van der Waals surface area contributed by atoms with Gasteiger partial charge < -0.3 is 5.32 Å². The molecule has 2 rings (SSSR count). The van der Waals surface area contributed by atoms with E-state index in [0.29, 0.717) is 6.54 Å². The fraction of sp³-hybridized carbons (Fsp3) is 0.333. The van der Waals surface area contributed by atoms with Crippen molar-refractivity contribution in [2.24, 2.45) is 0 Å². The van der Waals surface area contributed by atoms with Crippen molar-refractivity contribution >= 4 is 33.2 Å². The molecule has 2 aromatic rings.